The summed E-state index contributed by atoms with van der Waals surface area (Å²) in [6.07, 6.45) is 14.2. The number of rotatable bonds is 42. The largest absolute Gasteiger partial charge is 0.496 e. The van der Waals surface area contributed by atoms with Crippen molar-refractivity contribution in [3.63, 3.8) is 0 Å². The molecule has 5 rings (SSSR count). The second-order valence-corrected chi connectivity index (χ2v) is 23.8. The number of nitrogens with two attached hydrogens (primary N) is 4. The fraction of sp³-hybridized carbons (Fsp3) is 0.636. The van der Waals surface area contributed by atoms with Gasteiger partial charge in [-0.25, -0.2) is 0 Å². The lowest BCUT2D eigenvalue weighted by atomic mass is 9.90. The lowest BCUT2D eigenvalue weighted by molar-refractivity contribution is 0.0882. The highest BCUT2D eigenvalue weighted by molar-refractivity contribution is 6.05. The van der Waals surface area contributed by atoms with Crippen molar-refractivity contribution in [3.05, 3.63) is 69.8 Å². The third kappa shape index (κ3) is 24.7. The fourth-order valence-corrected chi connectivity index (χ4v) is 10.8. The van der Waals surface area contributed by atoms with Crippen LogP contribution in [0.3, 0.4) is 0 Å². The number of carbonyl (C=O) groups excluding carboxylic acids is 6. The van der Waals surface area contributed by atoms with Crippen LogP contribution in [-0.2, 0) is 0 Å². The molecule has 3 aromatic rings. The number of nitrogens with one attached hydrogen (secondary N) is 6. The molecule has 0 unspecified atom stereocenters. The SMILES string of the molecule is COc1cc(OC)c(C(=O)N[C@H]2CC[C@@H](NC(=O)c3cc(C(=O)NCCN(C)C)c(OCCCCCN)cc3OCCCCCN)CC2)cc1C(=O)N[C@H]1CC[C@@H](NC(=O)c2cc(C(=O)NCCN(C)C)c(OCCCCCN)cc2OCCCCCN)CC1. The molecule has 0 aromatic heterocycles. The van der Waals surface area contributed by atoms with E-state index in [4.69, 9.17) is 51.4 Å². The van der Waals surface area contributed by atoms with Crippen LogP contribution in [0.4, 0.5) is 0 Å². The molecule has 0 radical (unpaired) electrons. The van der Waals surface area contributed by atoms with Gasteiger partial charge in [0.15, 0.2) is 0 Å². The molecule has 0 saturated heterocycles. The van der Waals surface area contributed by atoms with Crippen molar-refractivity contribution in [2.24, 2.45) is 22.9 Å². The van der Waals surface area contributed by atoms with Crippen molar-refractivity contribution < 1.29 is 57.2 Å². The molecule has 502 valence electrons. The highest BCUT2D eigenvalue weighted by atomic mass is 16.5. The van der Waals surface area contributed by atoms with Crippen molar-refractivity contribution >= 4 is 35.4 Å². The van der Waals surface area contributed by atoms with Gasteiger partial charge >= 0.3 is 0 Å². The minimum atomic E-state index is -0.434. The van der Waals surface area contributed by atoms with Crippen LogP contribution in [0, 0.1) is 0 Å². The first kappa shape index (κ1) is 73.8. The van der Waals surface area contributed by atoms with E-state index in [0.717, 1.165) is 77.0 Å². The summed E-state index contributed by atoms with van der Waals surface area (Å²) >= 11 is 0. The van der Waals surface area contributed by atoms with Crippen LogP contribution < -0.4 is 83.3 Å². The molecule has 24 heteroatoms. The number of likely N-dealkylation sites (N-methyl/N-ethyl adjacent to an activating group) is 2. The van der Waals surface area contributed by atoms with Gasteiger partial charge in [0.1, 0.15) is 34.5 Å². The number of nitrogens with zero attached hydrogens (tertiary/aromatic N) is 2. The van der Waals surface area contributed by atoms with Gasteiger partial charge in [0.05, 0.1) is 74.0 Å². The van der Waals surface area contributed by atoms with Gasteiger partial charge in [0, 0.05) is 68.5 Å². The fourth-order valence-electron chi connectivity index (χ4n) is 10.8. The van der Waals surface area contributed by atoms with E-state index in [-0.39, 0.29) is 80.9 Å². The van der Waals surface area contributed by atoms with E-state index in [0.29, 0.717) is 153 Å². The molecule has 0 bridgehead atoms. The summed E-state index contributed by atoms with van der Waals surface area (Å²) in [6.45, 7) is 5.71. The highest BCUT2D eigenvalue weighted by Crippen LogP contribution is 2.35. The van der Waals surface area contributed by atoms with Gasteiger partial charge in [-0.15, -0.1) is 0 Å². The Morgan fingerprint density at radius 1 is 0.356 bits per heavy atom. The minimum Gasteiger partial charge on any atom is -0.496 e. The molecular formula is C66H106N12O12. The number of carbonyl (C=O) groups is 6. The quantitative estimate of drug-likeness (QED) is 0.0323. The van der Waals surface area contributed by atoms with E-state index in [2.05, 4.69) is 31.9 Å². The number of benzene rings is 3. The van der Waals surface area contributed by atoms with Crippen LogP contribution >= 0.6 is 0 Å². The van der Waals surface area contributed by atoms with E-state index in [1.54, 1.807) is 24.3 Å². The van der Waals surface area contributed by atoms with E-state index in [1.165, 1.54) is 26.4 Å². The lowest BCUT2D eigenvalue weighted by Crippen LogP contribution is -2.44. The minimum absolute atomic E-state index is 0.153. The number of hydrogen-bond donors (Lipinski definition) is 10. The molecule has 2 aliphatic rings. The molecule has 6 amide bonds. The maximum Gasteiger partial charge on any atom is 0.255 e. The zero-order chi connectivity index (χ0) is 65.2. The maximum atomic E-state index is 14.3. The van der Waals surface area contributed by atoms with Crippen LogP contribution in [0.5, 0.6) is 34.5 Å². The topological polar surface area (TPSA) is 341 Å². The van der Waals surface area contributed by atoms with Crippen molar-refractivity contribution in [1.29, 1.82) is 0 Å². The normalized spacial score (nSPS) is 16.4. The standard InChI is InChI=1S/C66H106N12O12/c1-77(2)33-31-71-61(79)51-40-53(59(89-37-17-9-13-29-69)43-57(51)87-35-15-7-11-27-67)65(83)75-47-23-19-45(20-24-47)73-63(81)49-39-50(56(86-6)42-55(49)85-5)64(82)74-46-21-25-48(26-22-46)76-66(84)54-41-52(62(80)72-32-34-78(3)4)58(88-36-16-8-12-28-68)44-60(54)90-38-18-10-14-30-70/h39-48H,7-38,67-70H2,1-6H3,(H,71,79)(H,72,80)(H,73,81)(H,74,82)(H,75,83)(H,76,84)/t45-,46-,47+,48+. The summed E-state index contributed by atoms with van der Waals surface area (Å²) < 4.78 is 36.2. The molecule has 0 atom stereocenters. The average Bonchev–Trinajstić information content (AvgIpc) is 0.977. The number of amides is 6. The zero-order valence-electron chi connectivity index (χ0n) is 54.5. The van der Waals surface area contributed by atoms with Gasteiger partial charge in [0.2, 0.25) is 0 Å². The highest BCUT2D eigenvalue weighted by Gasteiger charge is 2.32. The Labute approximate surface area is 533 Å². The summed E-state index contributed by atoms with van der Waals surface area (Å²) in [5.41, 5.74) is 24.1. The van der Waals surface area contributed by atoms with Crippen molar-refractivity contribution in [2.45, 2.75) is 153 Å². The Balaban J connectivity index is 1.23. The zero-order valence-corrected chi connectivity index (χ0v) is 54.5. The summed E-state index contributed by atoms with van der Waals surface area (Å²) in [4.78, 5) is 88.3. The first-order valence-corrected chi connectivity index (χ1v) is 32.6. The average molecular weight is 1260 g/mol. The lowest BCUT2D eigenvalue weighted by Gasteiger charge is -2.30. The van der Waals surface area contributed by atoms with Gasteiger partial charge in [-0.2, -0.15) is 0 Å². The Morgan fingerprint density at radius 3 is 0.822 bits per heavy atom. The molecular weight excluding hydrogens is 1150 g/mol. The predicted molar refractivity (Wildman–Crippen MR) is 350 cm³/mol. The monoisotopic (exact) mass is 1260 g/mol. The van der Waals surface area contributed by atoms with Crippen molar-refractivity contribution in [1.82, 2.24) is 41.7 Å². The molecule has 24 nitrogen and oxygen atoms in total. The molecule has 2 saturated carbocycles. The first-order chi connectivity index (χ1) is 43.5. The van der Waals surface area contributed by atoms with Gasteiger partial charge in [0.25, 0.3) is 35.4 Å². The predicted octanol–water partition coefficient (Wildman–Crippen LogP) is 5.26. The van der Waals surface area contributed by atoms with Gasteiger partial charge < -0.3 is 93.1 Å². The molecule has 0 aliphatic heterocycles. The van der Waals surface area contributed by atoms with E-state index in [1.807, 2.05) is 38.0 Å². The molecule has 0 heterocycles. The first-order valence-electron chi connectivity index (χ1n) is 32.6. The summed E-state index contributed by atoms with van der Waals surface area (Å²) in [7, 11) is 10.6. The number of unbranched alkanes of at least 4 members (excludes halogenated alkanes) is 8. The Bertz CT molecular complexity index is 2540. The van der Waals surface area contributed by atoms with Gasteiger partial charge in [-0.3, -0.25) is 28.8 Å². The number of hydrogen-bond acceptors (Lipinski definition) is 18. The number of ether oxygens (including phenoxy) is 6. The third-order valence-electron chi connectivity index (χ3n) is 16.1. The van der Waals surface area contributed by atoms with Crippen molar-refractivity contribution in [2.75, 3.05) is 121 Å². The molecule has 2 fully saturated rings. The third-order valence-corrected chi connectivity index (χ3v) is 16.1. The van der Waals surface area contributed by atoms with Crippen LogP contribution in [0.15, 0.2) is 36.4 Å². The Morgan fingerprint density at radius 2 is 0.589 bits per heavy atom. The van der Waals surface area contributed by atoms with Crippen LogP contribution in [0.2, 0.25) is 0 Å². The molecule has 2 aliphatic carbocycles. The van der Waals surface area contributed by atoms with E-state index < -0.39 is 23.6 Å². The molecule has 90 heavy (non-hydrogen) atoms. The second-order valence-electron chi connectivity index (χ2n) is 23.8. The molecule has 3 aromatic carbocycles. The molecule has 14 N–H and O–H groups in total. The smallest absolute Gasteiger partial charge is 0.255 e. The van der Waals surface area contributed by atoms with Gasteiger partial charge in [-0.1, -0.05) is 0 Å². The summed E-state index contributed by atoms with van der Waals surface area (Å²) in [5.74, 6) is -0.651. The molecule has 0 spiro atoms. The summed E-state index contributed by atoms with van der Waals surface area (Å²) in [6, 6.07) is 8.43. The van der Waals surface area contributed by atoms with Crippen LogP contribution in [0.1, 0.15) is 191 Å². The Hall–Kier alpha value is -6.96. The van der Waals surface area contributed by atoms with Crippen molar-refractivity contribution in [3.8, 4) is 34.5 Å². The maximum absolute atomic E-state index is 14.3. The van der Waals surface area contributed by atoms with E-state index in [9.17, 15) is 28.8 Å². The van der Waals surface area contributed by atoms with E-state index >= 15 is 0 Å². The summed E-state index contributed by atoms with van der Waals surface area (Å²) in [5, 5.41) is 18.5. The number of methoxy groups -OCH3 is 2. The van der Waals surface area contributed by atoms with Crippen LogP contribution in [-0.4, -0.2) is 191 Å². The van der Waals surface area contributed by atoms with Gasteiger partial charge in [-0.05, 0) is 201 Å². The Kier molecular flexibility index (Phi) is 33.4. The van der Waals surface area contributed by atoms with Crippen LogP contribution in [0.25, 0.3) is 0 Å². The second kappa shape index (κ2) is 40.7.